The molecule has 0 heterocycles. The summed E-state index contributed by atoms with van der Waals surface area (Å²) in [5, 5.41) is 3.29. The van der Waals surface area contributed by atoms with Crippen LogP contribution in [-0.2, 0) is 0 Å². The van der Waals surface area contributed by atoms with Gasteiger partial charge in [0.05, 0.1) is 9.26 Å². The monoisotopic (exact) mass is 306 g/mol. The lowest BCUT2D eigenvalue weighted by Crippen LogP contribution is -2.44. The van der Waals surface area contributed by atoms with E-state index in [4.69, 9.17) is 5.73 Å². The summed E-state index contributed by atoms with van der Waals surface area (Å²) in [6, 6.07) is 5.83. The summed E-state index contributed by atoms with van der Waals surface area (Å²) in [6.07, 6.45) is 1.96. The Hall–Kier alpha value is -0.360. The van der Waals surface area contributed by atoms with Crippen LogP contribution in [0.1, 0.15) is 12.8 Å². The van der Waals surface area contributed by atoms with Crippen LogP contribution >= 0.6 is 22.6 Å². The molecule has 3 N–H and O–H groups in total. The standard InChI is InChI=1S/C10H12FIN2/c11-8-2-1-3-9(10(8)12)14-7-4-6(13)5-7/h1-3,6-7,14H,4-5,13H2. The Morgan fingerprint density at radius 3 is 2.79 bits per heavy atom. The molecule has 14 heavy (non-hydrogen) atoms. The van der Waals surface area contributed by atoms with E-state index >= 15 is 0 Å². The molecule has 76 valence electrons. The van der Waals surface area contributed by atoms with Crippen molar-refractivity contribution < 1.29 is 4.39 Å². The average molecular weight is 306 g/mol. The van der Waals surface area contributed by atoms with Crippen molar-refractivity contribution >= 4 is 28.3 Å². The summed E-state index contributed by atoms with van der Waals surface area (Å²) in [4.78, 5) is 0. The highest BCUT2D eigenvalue weighted by Gasteiger charge is 2.26. The lowest BCUT2D eigenvalue weighted by atomic mass is 9.87. The van der Waals surface area contributed by atoms with Crippen LogP contribution < -0.4 is 11.1 Å². The molecule has 1 aliphatic carbocycles. The normalized spacial score (nSPS) is 25.6. The van der Waals surface area contributed by atoms with E-state index in [1.165, 1.54) is 6.07 Å². The minimum atomic E-state index is -0.167. The van der Waals surface area contributed by atoms with Gasteiger partial charge in [-0.25, -0.2) is 4.39 Å². The number of nitrogens with one attached hydrogen (secondary N) is 1. The van der Waals surface area contributed by atoms with E-state index in [0.29, 0.717) is 15.7 Å². The van der Waals surface area contributed by atoms with Crippen molar-refractivity contribution in [2.45, 2.75) is 24.9 Å². The Labute approximate surface area is 96.2 Å². The molecule has 1 aliphatic rings. The van der Waals surface area contributed by atoms with Crippen molar-refractivity contribution in [3.8, 4) is 0 Å². The molecule has 2 rings (SSSR count). The third-order valence-corrected chi connectivity index (χ3v) is 3.58. The zero-order valence-electron chi connectivity index (χ0n) is 7.63. The first kappa shape index (κ1) is 10.2. The van der Waals surface area contributed by atoms with Crippen molar-refractivity contribution in [2.24, 2.45) is 5.73 Å². The number of hydrogen-bond acceptors (Lipinski definition) is 2. The largest absolute Gasteiger partial charge is 0.381 e. The van der Waals surface area contributed by atoms with Gasteiger partial charge in [-0.3, -0.25) is 0 Å². The molecule has 0 atom stereocenters. The highest BCUT2D eigenvalue weighted by molar-refractivity contribution is 14.1. The number of nitrogens with two attached hydrogens (primary N) is 1. The Bertz CT molecular complexity index is 337. The third kappa shape index (κ3) is 2.00. The van der Waals surface area contributed by atoms with Gasteiger partial charge in [-0.15, -0.1) is 0 Å². The van der Waals surface area contributed by atoms with Gasteiger partial charge in [0.15, 0.2) is 0 Å². The summed E-state index contributed by atoms with van der Waals surface area (Å²) in [5.74, 6) is -0.167. The first-order valence-corrected chi connectivity index (χ1v) is 5.71. The molecule has 1 fully saturated rings. The number of rotatable bonds is 2. The Balaban J connectivity index is 2.06. The van der Waals surface area contributed by atoms with Crippen LogP contribution in [0.5, 0.6) is 0 Å². The molecule has 0 unspecified atom stereocenters. The van der Waals surface area contributed by atoms with E-state index in [-0.39, 0.29) is 5.82 Å². The topological polar surface area (TPSA) is 38.0 Å². The van der Waals surface area contributed by atoms with Crippen molar-refractivity contribution in [2.75, 3.05) is 5.32 Å². The number of anilines is 1. The van der Waals surface area contributed by atoms with Crippen LogP contribution in [0.25, 0.3) is 0 Å². The maximum Gasteiger partial charge on any atom is 0.138 e. The van der Waals surface area contributed by atoms with Gasteiger partial charge >= 0.3 is 0 Å². The fraction of sp³-hybridized carbons (Fsp3) is 0.400. The van der Waals surface area contributed by atoms with Crippen LogP contribution in [0.4, 0.5) is 10.1 Å². The van der Waals surface area contributed by atoms with E-state index in [2.05, 4.69) is 5.32 Å². The highest BCUT2D eigenvalue weighted by Crippen LogP contribution is 2.26. The summed E-state index contributed by atoms with van der Waals surface area (Å²) < 4.78 is 13.8. The third-order valence-electron chi connectivity index (χ3n) is 2.49. The predicted molar refractivity (Wildman–Crippen MR) is 63.7 cm³/mol. The van der Waals surface area contributed by atoms with Gasteiger partial charge in [-0.2, -0.15) is 0 Å². The van der Waals surface area contributed by atoms with Crippen LogP contribution in [0.2, 0.25) is 0 Å². The minimum absolute atomic E-state index is 0.167. The molecule has 1 aromatic rings. The molecule has 0 spiro atoms. The SMILES string of the molecule is NC1CC(Nc2cccc(F)c2I)C1. The second-order valence-corrected chi connectivity index (χ2v) is 4.75. The zero-order valence-corrected chi connectivity index (χ0v) is 9.79. The second-order valence-electron chi connectivity index (χ2n) is 3.67. The van der Waals surface area contributed by atoms with Crippen molar-refractivity contribution in [3.63, 3.8) is 0 Å². The quantitative estimate of drug-likeness (QED) is 0.823. The van der Waals surface area contributed by atoms with Crippen molar-refractivity contribution in [3.05, 3.63) is 27.6 Å². The van der Waals surface area contributed by atoms with Gasteiger partial charge in [0.1, 0.15) is 5.82 Å². The van der Waals surface area contributed by atoms with E-state index in [9.17, 15) is 4.39 Å². The number of benzene rings is 1. The summed E-state index contributed by atoms with van der Waals surface area (Å²) >= 11 is 2.02. The van der Waals surface area contributed by atoms with Crippen molar-refractivity contribution in [1.82, 2.24) is 0 Å². The lowest BCUT2D eigenvalue weighted by molar-refractivity contribution is 0.373. The minimum Gasteiger partial charge on any atom is -0.381 e. The number of hydrogen-bond donors (Lipinski definition) is 2. The van der Waals surface area contributed by atoms with E-state index in [1.807, 2.05) is 28.7 Å². The van der Waals surface area contributed by atoms with Gasteiger partial charge in [-0.05, 0) is 47.6 Å². The van der Waals surface area contributed by atoms with Crippen LogP contribution in [0.15, 0.2) is 18.2 Å². The van der Waals surface area contributed by atoms with E-state index in [0.717, 1.165) is 18.5 Å². The summed E-state index contributed by atoms with van der Waals surface area (Å²) in [7, 11) is 0. The summed E-state index contributed by atoms with van der Waals surface area (Å²) in [6.45, 7) is 0. The molecular weight excluding hydrogens is 294 g/mol. The van der Waals surface area contributed by atoms with Gasteiger partial charge in [0, 0.05) is 12.1 Å². The molecule has 1 saturated carbocycles. The average Bonchev–Trinajstić information content (AvgIpc) is 2.10. The molecule has 0 saturated heterocycles. The molecule has 0 bridgehead atoms. The Kier molecular flexibility index (Phi) is 2.92. The zero-order chi connectivity index (χ0) is 10.1. The fourth-order valence-electron chi connectivity index (χ4n) is 1.61. The predicted octanol–water partition coefficient (Wildman–Crippen LogP) is 2.33. The molecule has 0 aromatic heterocycles. The van der Waals surface area contributed by atoms with Crippen LogP contribution in [0.3, 0.4) is 0 Å². The summed E-state index contributed by atoms with van der Waals surface area (Å²) in [5.41, 5.74) is 6.55. The molecule has 2 nitrogen and oxygen atoms in total. The molecule has 0 aliphatic heterocycles. The van der Waals surface area contributed by atoms with Gasteiger partial charge in [-0.1, -0.05) is 6.07 Å². The molecule has 0 radical (unpaired) electrons. The lowest BCUT2D eigenvalue weighted by Gasteiger charge is -2.34. The van der Waals surface area contributed by atoms with Gasteiger partial charge in [0.25, 0.3) is 0 Å². The molecule has 4 heteroatoms. The molecule has 0 amide bonds. The maximum absolute atomic E-state index is 13.2. The van der Waals surface area contributed by atoms with Crippen LogP contribution in [-0.4, -0.2) is 12.1 Å². The van der Waals surface area contributed by atoms with Gasteiger partial charge in [0.2, 0.25) is 0 Å². The highest BCUT2D eigenvalue weighted by atomic mass is 127. The number of halogens is 2. The first-order chi connectivity index (χ1) is 6.66. The molecular formula is C10H12FIN2. The first-order valence-electron chi connectivity index (χ1n) is 4.63. The van der Waals surface area contributed by atoms with E-state index < -0.39 is 0 Å². The van der Waals surface area contributed by atoms with Crippen LogP contribution in [0, 0.1) is 9.39 Å². The fourth-order valence-corrected chi connectivity index (χ4v) is 2.13. The van der Waals surface area contributed by atoms with Crippen molar-refractivity contribution in [1.29, 1.82) is 0 Å². The Morgan fingerprint density at radius 2 is 2.14 bits per heavy atom. The van der Waals surface area contributed by atoms with E-state index in [1.54, 1.807) is 6.07 Å². The second kappa shape index (κ2) is 4.02. The van der Waals surface area contributed by atoms with Gasteiger partial charge < -0.3 is 11.1 Å². The maximum atomic E-state index is 13.2. The molecule has 1 aromatic carbocycles. The smallest absolute Gasteiger partial charge is 0.138 e. The Morgan fingerprint density at radius 1 is 1.43 bits per heavy atom.